The summed E-state index contributed by atoms with van der Waals surface area (Å²) in [6.45, 7) is 1.49. The smallest absolute Gasteiger partial charge is 0.271 e. The van der Waals surface area contributed by atoms with E-state index in [1.54, 1.807) is 0 Å². The number of allylic oxidation sites excluding steroid dienone is 2. The Labute approximate surface area is 166 Å². The van der Waals surface area contributed by atoms with E-state index in [2.05, 4.69) is 5.32 Å². The number of nitrogens with one attached hydrogen (secondary N) is 1. The fourth-order valence-electron chi connectivity index (χ4n) is 4.74. The maximum Gasteiger partial charge on any atom is 0.271 e. The molecule has 5 atom stereocenters. The first-order valence-corrected chi connectivity index (χ1v) is 9.52. The van der Waals surface area contributed by atoms with Crippen LogP contribution in [0.25, 0.3) is 0 Å². The fourth-order valence-corrected chi connectivity index (χ4v) is 4.74. The second-order valence-electron chi connectivity index (χ2n) is 7.69. The van der Waals surface area contributed by atoms with E-state index in [0.717, 1.165) is 17.7 Å². The monoisotopic (exact) mass is 399 g/mol. The van der Waals surface area contributed by atoms with Crippen molar-refractivity contribution >= 4 is 29.1 Å². The third-order valence-corrected chi connectivity index (χ3v) is 6.21. The molecule has 152 valence electrons. The van der Waals surface area contributed by atoms with Gasteiger partial charge in [-0.3, -0.25) is 29.4 Å². The summed E-state index contributed by atoms with van der Waals surface area (Å²) in [6, 6.07) is 2.78. The number of nitro groups is 1. The maximum atomic E-state index is 13.0. The van der Waals surface area contributed by atoms with Crippen LogP contribution in [-0.2, 0) is 14.4 Å². The van der Waals surface area contributed by atoms with Gasteiger partial charge in [-0.1, -0.05) is 12.2 Å². The highest BCUT2D eigenvalue weighted by atomic mass is 16.6. The summed E-state index contributed by atoms with van der Waals surface area (Å²) in [4.78, 5) is 50.3. The molecule has 1 saturated heterocycles. The van der Waals surface area contributed by atoms with E-state index in [1.165, 1.54) is 32.2 Å². The molecule has 1 aromatic carbocycles. The fraction of sp³-hybridized carbons (Fsp3) is 0.450. The van der Waals surface area contributed by atoms with Crippen LogP contribution in [0.1, 0.15) is 19.8 Å². The number of imide groups is 1. The molecule has 3 amide bonds. The normalized spacial score (nSPS) is 28.3. The number of carbonyl (C=O) groups excluding carboxylic acids is 3. The average Bonchev–Trinajstić information content (AvgIpc) is 3.00. The maximum absolute atomic E-state index is 13.0. The van der Waals surface area contributed by atoms with Crippen molar-refractivity contribution in [3.05, 3.63) is 40.5 Å². The Hall–Kier alpha value is -3.23. The number of likely N-dealkylation sites (tertiary alicyclic amines) is 1. The summed E-state index contributed by atoms with van der Waals surface area (Å²) >= 11 is 0. The van der Waals surface area contributed by atoms with Crippen molar-refractivity contribution in [1.29, 1.82) is 0 Å². The quantitative estimate of drug-likeness (QED) is 0.351. The zero-order valence-corrected chi connectivity index (χ0v) is 16.0. The Morgan fingerprint density at radius 1 is 1.21 bits per heavy atom. The highest BCUT2D eigenvalue weighted by Crippen LogP contribution is 2.50. The molecule has 1 aliphatic heterocycles. The number of carbonyl (C=O) groups is 3. The SMILES string of the molecule is COc1ccc([N+](=O)[O-])cc1NC(=O)[C@H](C)N1C(=O)[C@@H]2[C@H](C1=O)[C@H]1C=C[C@H]2CC1. The number of nitrogens with zero attached hydrogens (tertiary/aromatic N) is 2. The van der Waals surface area contributed by atoms with Gasteiger partial charge in [0.15, 0.2) is 0 Å². The van der Waals surface area contributed by atoms with Crippen LogP contribution in [0, 0.1) is 33.8 Å². The lowest BCUT2D eigenvalue weighted by atomic mass is 9.63. The number of ether oxygens (including phenoxy) is 1. The number of benzene rings is 1. The minimum Gasteiger partial charge on any atom is -0.495 e. The lowest BCUT2D eigenvalue weighted by Gasteiger charge is -2.38. The van der Waals surface area contributed by atoms with Crippen LogP contribution in [0.2, 0.25) is 0 Å². The molecule has 0 radical (unpaired) electrons. The highest BCUT2D eigenvalue weighted by Gasteiger charge is 2.58. The van der Waals surface area contributed by atoms with Gasteiger partial charge < -0.3 is 10.1 Å². The molecule has 1 aromatic rings. The number of rotatable bonds is 5. The second-order valence-corrected chi connectivity index (χ2v) is 7.69. The number of hydrogen-bond donors (Lipinski definition) is 1. The Morgan fingerprint density at radius 3 is 2.28 bits per heavy atom. The van der Waals surface area contributed by atoms with Gasteiger partial charge in [0.2, 0.25) is 17.7 Å². The number of fused-ring (bicyclic) bond motifs is 1. The third-order valence-electron chi connectivity index (χ3n) is 6.21. The van der Waals surface area contributed by atoms with E-state index in [9.17, 15) is 24.5 Å². The van der Waals surface area contributed by atoms with Crippen LogP contribution < -0.4 is 10.1 Å². The molecule has 0 aromatic heterocycles. The van der Waals surface area contributed by atoms with Gasteiger partial charge in [0, 0.05) is 12.1 Å². The van der Waals surface area contributed by atoms with Gasteiger partial charge in [-0.25, -0.2) is 0 Å². The van der Waals surface area contributed by atoms with Crippen LogP contribution in [0.15, 0.2) is 30.4 Å². The molecule has 3 aliphatic carbocycles. The molecule has 2 bridgehead atoms. The van der Waals surface area contributed by atoms with Crippen LogP contribution >= 0.6 is 0 Å². The Morgan fingerprint density at radius 2 is 1.79 bits per heavy atom. The molecule has 4 aliphatic rings. The first-order chi connectivity index (χ1) is 13.8. The van der Waals surface area contributed by atoms with Crippen molar-refractivity contribution in [2.75, 3.05) is 12.4 Å². The van der Waals surface area contributed by atoms with Crippen LogP contribution in [0.3, 0.4) is 0 Å². The van der Waals surface area contributed by atoms with Gasteiger partial charge in [0.25, 0.3) is 5.69 Å². The zero-order valence-electron chi connectivity index (χ0n) is 16.0. The number of methoxy groups -OCH3 is 1. The minimum atomic E-state index is -1.04. The number of nitro benzene ring substituents is 1. The summed E-state index contributed by atoms with van der Waals surface area (Å²) in [6.07, 6.45) is 5.78. The van der Waals surface area contributed by atoms with E-state index >= 15 is 0 Å². The van der Waals surface area contributed by atoms with Crippen molar-refractivity contribution in [3.8, 4) is 5.75 Å². The van der Waals surface area contributed by atoms with E-state index in [0.29, 0.717) is 0 Å². The summed E-state index contributed by atoms with van der Waals surface area (Å²) in [5, 5.41) is 13.6. The first kappa shape index (κ1) is 19.1. The lowest BCUT2D eigenvalue weighted by molar-refractivity contribution is -0.384. The Balaban J connectivity index is 1.56. The molecule has 0 spiro atoms. The van der Waals surface area contributed by atoms with Gasteiger partial charge in [0.05, 0.1) is 29.6 Å². The first-order valence-electron chi connectivity index (χ1n) is 9.52. The zero-order chi connectivity index (χ0) is 20.9. The Bertz CT molecular complexity index is 910. The summed E-state index contributed by atoms with van der Waals surface area (Å²) < 4.78 is 5.15. The van der Waals surface area contributed by atoms with Gasteiger partial charge in [-0.15, -0.1) is 0 Å². The molecular formula is C20H21N3O6. The highest BCUT2D eigenvalue weighted by molar-refractivity contribution is 6.10. The second kappa shape index (κ2) is 6.98. The molecule has 2 fully saturated rings. The number of non-ortho nitro benzene ring substituents is 1. The summed E-state index contributed by atoms with van der Waals surface area (Å²) in [7, 11) is 1.38. The molecule has 1 heterocycles. The van der Waals surface area contributed by atoms with Crippen LogP contribution in [-0.4, -0.2) is 40.7 Å². The molecule has 1 saturated carbocycles. The lowest BCUT2D eigenvalue weighted by Crippen LogP contribution is -2.46. The topological polar surface area (TPSA) is 119 Å². The molecule has 9 heteroatoms. The predicted molar refractivity (Wildman–Crippen MR) is 102 cm³/mol. The van der Waals surface area contributed by atoms with Crippen molar-refractivity contribution in [1.82, 2.24) is 4.90 Å². The average molecular weight is 399 g/mol. The molecule has 9 nitrogen and oxygen atoms in total. The van der Waals surface area contributed by atoms with Gasteiger partial charge in [-0.2, -0.15) is 0 Å². The van der Waals surface area contributed by atoms with Crippen LogP contribution in [0.5, 0.6) is 5.75 Å². The van der Waals surface area contributed by atoms with Crippen molar-refractivity contribution in [3.63, 3.8) is 0 Å². The van der Waals surface area contributed by atoms with Crippen molar-refractivity contribution in [2.24, 2.45) is 23.7 Å². The largest absolute Gasteiger partial charge is 0.495 e. The number of hydrogen-bond acceptors (Lipinski definition) is 6. The third kappa shape index (κ3) is 2.97. The molecule has 5 rings (SSSR count). The van der Waals surface area contributed by atoms with Gasteiger partial charge in [-0.05, 0) is 37.7 Å². The molecular weight excluding hydrogens is 378 g/mol. The van der Waals surface area contributed by atoms with Gasteiger partial charge >= 0.3 is 0 Å². The Kier molecular flexibility index (Phi) is 4.60. The predicted octanol–water partition coefficient (Wildman–Crippen LogP) is 2.13. The van der Waals surface area contributed by atoms with E-state index in [-0.39, 0.29) is 40.8 Å². The van der Waals surface area contributed by atoms with Crippen molar-refractivity contribution in [2.45, 2.75) is 25.8 Å². The molecule has 29 heavy (non-hydrogen) atoms. The standard InChI is InChI=1S/C20H21N3O6/c1-10(18(24)21-14-9-13(23(27)28)7-8-15(14)29-2)22-19(25)16-11-3-4-12(6-5-11)17(16)20(22)26/h3-4,7-12,16-17H,5-6H2,1-2H3,(H,21,24)/t10-,11-,12-,16-,17+/m0/s1. The summed E-state index contributed by atoms with van der Waals surface area (Å²) in [5.74, 6) is -1.70. The number of amides is 3. The van der Waals surface area contributed by atoms with Crippen LogP contribution in [0.4, 0.5) is 11.4 Å². The molecule has 0 unspecified atom stereocenters. The van der Waals surface area contributed by atoms with Gasteiger partial charge in [0.1, 0.15) is 11.8 Å². The number of anilines is 1. The minimum absolute atomic E-state index is 0.0404. The van der Waals surface area contributed by atoms with E-state index in [4.69, 9.17) is 4.74 Å². The van der Waals surface area contributed by atoms with Crippen molar-refractivity contribution < 1.29 is 24.0 Å². The van der Waals surface area contributed by atoms with E-state index < -0.39 is 28.7 Å². The van der Waals surface area contributed by atoms with E-state index in [1.807, 2.05) is 12.2 Å². The summed E-state index contributed by atoms with van der Waals surface area (Å²) in [5.41, 5.74) is -0.104. The molecule has 1 N–H and O–H groups in total.